The molecule has 2 aromatic rings. The molecule has 0 unspecified atom stereocenters. The highest BCUT2D eigenvalue weighted by Gasteiger charge is 2.46. The van der Waals surface area contributed by atoms with E-state index in [1.165, 1.54) is 18.2 Å². The van der Waals surface area contributed by atoms with Gasteiger partial charge in [-0.25, -0.2) is 8.42 Å². The van der Waals surface area contributed by atoms with E-state index in [9.17, 15) is 43.2 Å². The summed E-state index contributed by atoms with van der Waals surface area (Å²) in [6.07, 6.45) is -11.9. The van der Waals surface area contributed by atoms with Crippen molar-refractivity contribution in [2.24, 2.45) is 0 Å². The molecule has 0 spiro atoms. The van der Waals surface area contributed by atoms with Gasteiger partial charge >= 0.3 is 12.5 Å². The lowest BCUT2D eigenvalue weighted by atomic mass is 10.0. The van der Waals surface area contributed by atoms with Crippen LogP contribution in [0.15, 0.2) is 58.3 Å². The molecule has 0 bridgehead atoms. The normalized spacial score (nSPS) is 13.6. The Morgan fingerprint density at radius 2 is 1.40 bits per heavy atom. The van der Waals surface area contributed by atoms with E-state index in [-0.39, 0.29) is 0 Å². The van der Waals surface area contributed by atoms with E-state index < -0.39 is 70.8 Å². The van der Waals surface area contributed by atoms with Gasteiger partial charge in [-0.3, -0.25) is 4.55 Å². The Morgan fingerprint density at radius 1 is 0.833 bits per heavy atom. The highest BCUT2D eigenvalue weighted by molar-refractivity contribution is 7.89. The molecule has 0 saturated heterocycles. The first kappa shape index (κ1) is 24.1. The molecule has 6 nitrogen and oxygen atoms in total. The van der Waals surface area contributed by atoms with Crippen LogP contribution in [-0.4, -0.2) is 38.5 Å². The molecule has 14 heteroatoms. The SMILES string of the molecule is O=S(=O)(O)c1cccc(CCN(C(F)(F)F)S(=O)(=O)c2ccccc2)c1C(F)(F)F. The van der Waals surface area contributed by atoms with Gasteiger partial charge in [-0.15, -0.1) is 4.31 Å². The molecule has 0 aliphatic rings. The zero-order valence-corrected chi connectivity index (χ0v) is 16.3. The summed E-state index contributed by atoms with van der Waals surface area (Å²) in [7, 11) is -10.5. The first-order valence-corrected chi connectivity index (χ1v) is 10.8. The lowest BCUT2D eigenvalue weighted by Crippen LogP contribution is -2.44. The first-order chi connectivity index (χ1) is 13.6. The van der Waals surface area contributed by atoms with Crippen LogP contribution in [0.2, 0.25) is 0 Å². The molecule has 0 heterocycles. The number of benzene rings is 2. The lowest BCUT2D eigenvalue weighted by Gasteiger charge is -2.25. The molecule has 0 radical (unpaired) electrons. The van der Waals surface area contributed by atoms with Crippen molar-refractivity contribution in [3.8, 4) is 0 Å². The molecular formula is C16H13F6NO5S2. The number of hydrogen-bond acceptors (Lipinski definition) is 4. The standard InChI is InChI=1S/C16H13F6NO5S2/c17-15(18,19)14-11(5-4-8-13(14)30(26,27)28)9-10-23(16(20,21)22)29(24,25)12-6-2-1-3-7-12/h1-8H,9-10H2,(H,26,27,28). The zero-order valence-electron chi connectivity index (χ0n) is 14.6. The van der Waals surface area contributed by atoms with Gasteiger partial charge in [-0.1, -0.05) is 30.3 Å². The van der Waals surface area contributed by atoms with Crippen molar-refractivity contribution in [3.63, 3.8) is 0 Å². The van der Waals surface area contributed by atoms with Crippen molar-refractivity contribution in [1.82, 2.24) is 4.31 Å². The highest BCUT2D eigenvalue weighted by Crippen LogP contribution is 2.38. The Hall–Kier alpha value is -2.16. The number of nitrogens with zero attached hydrogens (tertiary/aromatic N) is 1. The number of alkyl halides is 6. The Kier molecular flexibility index (Phi) is 6.57. The van der Waals surface area contributed by atoms with Crippen LogP contribution < -0.4 is 0 Å². The van der Waals surface area contributed by atoms with Crippen LogP contribution in [0.3, 0.4) is 0 Å². The second kappa shape index (κ2) is 8.17. The van der Waals surface area contributed by atoms with Crippen LogP contribution >= 0.6 is 0 Å². The van der Waals surface area contributed by atoms with Crippen LogP contribution in [0.4, 0.5) is 26.3 Å². The van der Waals surface area contributed by atoms with Gasteiger partial charge in [0.05, 0.1) is 10.5 Å². The average Bonchev–Trinajstić information content (AvgIpc) is 2.59. The van der Waals surface area contributed by atoms with Gasteiger partial charge in [0.25, 0.3) is 10.1 Å². The van der Waals surface area contributed by atoms with E-state index in [1.54, 1.807) is 0 Å². The number of sulfonamides is 1. The lowest BCUT2D eigenvalue weighted by molar-refractivity contribution is -0.209. The molecule has 30 heavy (non-hydrogen) atoms. The van der Waals surface area contributed by atoms with E-state index in [0.29, 0.717) is 12.1 Å². The molecule has 2 aromatic carbocycles. The summed E-state index contributed by atoms with van der Waals surface area (Å²) in [6, 6.07) is 7.37. The van der Waals surface area contributed by atoms with Crippen LogP contribution in [0.5, 0.6) is 0 Å². The molecule has 1 N–H and O–H groups in total. The number of halogens is 6. The monoisotopic (exact) mass is 477 g/mol. The van der Waals surface area contributed by atoms with Gasteiger partial charge in [-0.05, 0) is 30.2 Å². The summed E-state index contributed by atoms with van der Waals surface area (Å²) >= 11 is 0. The van der Waals surface area contributed by atoms with Crippen molar-refractivity contribution in [2.45, 2.75) is 28.7 Å². The molecule has 0 amide bonds. The zero-order chi connectivity index (χ0) is 23.0. The van der Waals surface area contributed by atoms with Crippen LogP contribution in [-0.2, 0) is 32.7 Å². The minimum atomic E-state index is -5.46. The summed E-state index contributed by atoms with van der Waals surface area (Å²) in [5.41, 5.74) is -2.80. The fraction of sp³-hybridized carbons (Fsp3) is 0.250. The summed E-state index contributed by atoms with van der Waals surface area (Å²) in [5.74, 6) is 0. The average molecular weight is 477 g/mol. The molecule has 0 saturated carbocycles. The molecule has 166 valence electrons. The molecule has 0 aliphatic heterocycles. The van der Waals surface area contributed by atoms with Crippen molar-refractivity contribution in [2.75, 3.05) is 6.54 Å². The Morgan fingerprint density at radius 3 is 1.87 bits per heavy atom. The van der Waals surface area contributed by atoms with Crippen molar-refractivity contribution in [3.05, 3.63) is 59.7 Å². The molecule has 0 aliphatic carbocycles. The largest absolute Gasteiger partial charge is 0.473 e. The quantitative estimate of drug-likeness (QED) is 0.389. The maximum Gasteiger partial charge on any atom is 0.473 e. The van der Waals surface area contributed by atoms with Gasteiger partial charge in [0.2, 0.25) is 10.0 Å². The van der Waals surface area contributed by atoms with Gasteiger partial charge in [0, 0.05) is 6.54 Å². The maximum atomic E-state index is 13.4. The summed E-state index contributed by atoms with van der Waals surface area (Å²) in [6.45, 7) is -1.46. The third kappa shape index (κ3) is 5.30. The summed E-state index contributed by atoms with van der Waals surface area (Å²) in [4.78, 5) is -2.28. The minimum Gasteiger partial charge on any atom is -0.282 e. The van der Waals surface area contributed by atoms with Crippen LogP contribution in [0.1, 0.15) is 11.1 Å². The molecular weight excluding hydrogens is 464 g/mol. The Labute approximate surface area is 167 Å². The molecule has 0 aromatic heterocycles. The summed E-state index contributed by atoms with van der Waals surface area (Å²) in [5, 5.41) is 0. The topological polar surface area (TPSA) is 91.8 Å². The smallest absolute Gasteiger partial charge is 0.282 e. The van der Waals surface area contributed by atoms with Gasteiger partial charge in [0.1, 0.15) is 4.90 Å². The second-order valence-corrected chi connectivity index (χ2v) is 9.12. The highest BCUT2D eigenvalue weighted by atomic mass is 32.2. The fourth-order valence-electron chi connectivity index (χ4n) is 2.65. The predicted molar refractivity (Wildman–Crippen MR) is 91.4 cm³/mol. The van der Waals surface area contributed by atoms with E-state index in [0.717, 1.165) is 18.2 Å². The van der Waals surface area contributed by atoms with Crippen molar-refractivity contribution in [1.29, 1.82) is 0 Å². The Bertz CT molecular complexity index is 1110. The third-order valence-electron chi connectivity index (χ3n) is 3.87. The number of rotatable bonds is 6. The third-order valence-corrected chi connectivity index (χ3v) is 6.61. The van der Waals surface area contributed by atoms with Crippen molar-refractivity contribution < 1.29 is 47.7 Å². The van der Waals surface area contributed by atoms with E-state index >= 15 is 0 Å². The summed E-state index contributed by atoms with van der Waals surface area (Å²) < 4.78 is 136. The van der Waals surface area contributed by atoms with Gasteiger partial charge in [0.15, 0.2) is 0 Å². The van der Waals surface area contributed by atoms with E-state index in [4.69, 9.17) is 4.55 Å². The van der Waals surface area contributed by atoms with E-state index in [1.807, 2.05) is 0 Å². The van der Waals surface area contributed by atoms with Crippen LogP contribution in [0, 0.1) is 0 Å². The molecule has 0 atom stereocenters. The maximum absolute atomic E-state index is 13.4. The molecule has 2 rings (SSSR count). The Balaban J connectivity index is 2.52. The van der Waals surface area contributed by atoms with Gasteiger partial charge in [-0.2, -0.15) is 34.8 Å². The molecule has 0 fully saturated rings. The van der Waals surface area contributed by atoms with Crippen molar-refractivity contribution >= 4 is 20.1 Å². The minimum absolute atomic E-state index is 0.434. The first-order valence-electron chi connectivity index (χ1n) is 7.87. The van der Waals surface area contributed by atoms with Gasteiger partial charge < -0.3 is 0 Å². The second-order valence-electron chi connectivity index (χ2n) is 5.87. The van der Waals surface area contributed by atoms with Crippen LogP contribution in [0.25, 0.3) is 0 Å². The fourth-order valence-corrected chi connectivity index (χ4v) is 4.76. The number of hydrogen-bond donors (Lipinski definition) is 1. The van der Waals surface area contributed by atoms with E-state index in [2.05, 4.69) is 0 Å². The predicted octanol–water partition coefficient (Wildman–Crippen LogP) is 3.71.